The highest BCUT2D eigenvalue weighted by molar-refractivity contribution is 5.69. The predicted molar refractivity (Wildman–Crippen MR) is 47.7 cm³/mol. The van der Waals surface area contributed by atoms with E-state index in [1.165, 1.54) is 4.80 Å². The molecule has 0 saturated carbocycles. The molecule has 6 heteroatoms. The summed E-state index contributed by atoms with van der Waals surface area (Å²) < 4.78 is 1.72. The van der Waals surface area contributed by atoms with Gasteiger partial charge in [0.2, 0.25) is 0 Å². The molecule has 0 aliphatic rings. The number of carbonyl (C=O) groups excluding carboxylic acids is 1. The molecule has 2 heterocycles. The van der Waals surface area contributed by atoms with Gasteiger partial charge in [-0.25, -0.2) is 4.98 Å². The first kappa shape index (κ1) is 8.61. The lowest BCUT2D eigenvalue weighted by Crippen LogP contribution is -2.04. The van der Waals surface area contributed by atoms with Crippen LogP contribution in [0.25, 0.3) is 0 Å². The zero-order valence-electron chi connectivity index (χ0n) is 7.66. The Morgan fingerprint density at radius 2 is 2.43 bits per heavy atom. The number of aldehydes is 1. The highest BCUT2D eigenvalue weighted by Gasteiger charge is 2.03. The third-order valence-electron chi connectivity index (χ3n) is 1.83. The van der Waals surface area contributed by atoms with E-state index in [-0.39, 0.29) is 0 Å². The summed E-state index contributed by atoms with van der Waals surface area (Å²) in [5, 5.41) is 8.04. The van der Waals surface area contributed by atoms with E-state index in [9.17, 15) is 4.79 Å². The molecule has 0 spiro atoms. The van der Waals surface area contributed by atoms with Crippen molar-refractivity contribution in [3.05, 3.63) is 30.1 Å². The Bertz CT molecular complexity index is 444. The normalized spacial score (nSPS) is 10.4. The summed E-state index contributed by atoms with van der Waals surface area (Å²) in [7, 11) is 1.75. The van der Waals surface area contributed by atoms with Gasteiger partial charge in [0.05, 0.1) is 12.7 Å². The third-order valence-corrected chi connectivity index (χ3v) is 1.83. The van der Waals surface area contributed by atoms with Crippen molar-refractivity contribution in [2.75, 3.05) is 0 Å². The van der Waals surface area contributed by atoms with E-state index in [0.717, 1.165) is 12.0 Å². The van der Waals surface area contributed by atoms with Crippen molar-refractivity contribution in [3.8, 4) is 0 Å². The highest BCUT2D eigenvalue weighted by atomic mass is 16.1. The Kier molecular flexibility index (Phi) is 2.10. The van der Waals surface area contributed by atoms with Crippen LogP contribution in [0.5, 0.6) is 0 Å². The maximum absolute atomic E-state index is 10.6. The van der Waals surface area contributed by atoms with E-state index in [2.05, 4.69) is 15.2 Å². The van der Waals surface area contributed by atoms with Gasteiger partial charge in [0.1, 0.15) is 5.69 Å². The first-order chi connectivity index (χ1) is 6.79. The molecule has 0 fully saturated rings. The molecule has 0 aliphatic carbocycles. The number of aromatic nitrogens is 5. The second-order valence-corrected chi connectivity index (χ2v) is 2.86. The van der Waals surface area contributed by atoms with E-state index in [4.69, 9.17) is 0 Å². The Morgan fingerprint density at radius 1 is 1.57 bits per heavy atom. The molecular weight excluding hydrogens is 182 g/mol. The van der Waals surface area contributed by atoms with E-state index >= 15 is 0 Å². The lowest BCUT2D eigenvalue weighted by Gasteiger charge is -1.99. The Hall–Kier alpha value is -1.98. The average molecular weight is 191 g/mol. The van der Waals surface area contributed by atoms with Crippen LogP contribution in [0.3, 0.4) is 0 Å². The summed E-state index contributed by atoms with van der Waals surface area (Å²) in [5.41, 5.74) is 0.800. The van der Waals surface area contributed by atoms with Crippen molar-refractivity contribution in [3.63, 3.8) is 0 Å². The minimum absolute atomic E-state index is 0.399. The van der Waals surface area contributed by atoms with E-state index in [1.54, 1.807) is 30.2 Å². The number of nitrogens with zero attached hydrogens (tertiary/aromatic N) is 5. The largest absolute Gasteiger partial charge is 0.323 e. The molecule has 6 nitrogen and oxygen atoms in total. The maximum atomic E-state index is 10.6. The van der Waals surface area contributed by atoms with E-state index in [0.29, 0.717) is 12.4 Å². The average Bonchev–Trinajstić information content (AvgIpc) is 2.76. The predicted octanol–water partition coefficient (Wildman–Crippen LogP) is -0.128. The van der Waals surface area contributed by atoms with Crippen LogP contribution in [0.1, 0.15) is 16.3 Å². The second kappa shape index (κ2) is 3.41. The molecular formula is C8H9N5O. The Morgan fingerprint density at radius 3 is 3.07 bits per heavy atom. The minimum atomic E-state index is 0.399. The summed E-state index contributed by atoms with van der Waals surface area (Å²) in [6.45, 7) is 0.516. The van der Waals surface area contributed by atoms with E-state index in [1.807, 2.05) is 0 Å². The minimum Gasteiger partial charge on any atom is -0.323 e. The number of carbonyl (C=O) groups is 1. The van der Waals surface area contributed by atoms with Gasteiger partial charge in [0, 0.05) is 19.4 Å². The summed E-state index contributed by atoms with van der Waals surface area (Å²) in [4.78, 5) is 15.9. The van der Waals surface area contributed by atoms with Crippen molar-refractivity contribution in [1.82, 2.24) is 24.5 Å². The van der Waals surface area contributed by atoms with Crippen LogP contribution < -0.4 is 0 Å². The fourth-order valence-corrected chi connectivity index (χ4v) is 1.21. The molecule has 0 aliphatic heterocycles. The molecule has 2 rings (SSSR count). The van der Waals surface area contributed by atoms with Crippen molar-refractivity contribution in [2.24, 2.45) is 7.05 Å². The zero-order valence-corrected chi connectivity index (χ0v) is 7.66. The van der Waals surface area contributed by atoms with Crippen molar-refractivity contribution < 1.29 is 4.79 Å². The summed E-state index contributed by atoms with van der Waals surface area (Å²) in [6.07, 6.45) is 5.70. The van der Waals surface area contributed by atoms with Gasteiger partial charge in [0.15, 0.2) is 12.1 Å². The van der Waals surface area contributed by atoms with Crippen LogP contribution >= 0.6 is 0 Å². The molecule has 2 aromatic heterocycles. The molecule has 0 atom stereocenters. The van der Waals surface area contributed by atoms with Crippen LogP contribution in [0.4, 0.5) is 0 Å². The highest BCUT2D eigenvalue weighted by Crippen LogP contribution is 1.99. The SMILES string of the molecule is Cn1ncc(Cn2ccnc2C=O)n1. The molecule has 0 unspecified atom stereocenters. The standard InChI is InChI=1S/C8H9N5O/c1-12-10-4-7(11-12)5-13-3-2-9-8(13)6-14/h2-4,6H,5H2,1H3. The monoisotopic (exact) mass is 191 g/mol. The summed E-state index contributed by atoms with van der Waals surface area (Å²) in [5.74, 6) is 0.399. The van der Waals surface area contributed by atoms with Crippen LogP contribution in [0, 0.1) is 0 Å². The molecule has 0 saturated heterocycles. The molecule has 0 radical (unpaired) electrons. The third kappa shape index (κ3) is 1.54. The lowest BCUT2D eigenvalue weighted by molar-refractivity contribution is 0.111. The van der Waals surface area contributed by atoms with Crippen LogP contribution in [-0.2, 0) is 13.6 Å². The van der Waals surface area contributed by atoms with Gasteiger partial charge in [-0.1, -0.05) is 0 Å². The topological polar surface area (TPSA) is 65.6 Å². The smallest absolute Gasteiger partial charge is 0.185 e. The molecule has 0 bridgehead atoms. The Balaban J connectivity index is 2.22. The van der Waals surface area contributed by atoms with Gasteiger partial charge in [-0.2, -0.15) is 15.0 Å². The summed E-state index contributed by atoms with van der Waals surface area (Å²) in [6, 6.07) is 0. The first-order valence-electron chi connectivity index (χ1n) is 4.11. The summed E-state index contributed by atoms with van der Waals surface area (Å²) >= 11 is 0. The fraction of sp³-hybridized carbons (Fsp3) is 0.250. The zero-order chi connectivity index (χ0) is 9.97. The van der Waals surface area contributed by atoms with Gasteiger partial charge in [-0.3, -0.25) is 4.79 Å². The molecule has 0 N–H and O–H groups in total. The van der Waals surface area contributed by atoms with Crippen LogP contribution in [0.15, 0.2) is 18.6 Å². The number of rotatable bonds is 3. The molecule has 0 aromatic carbocycles. The van der Waals surface area contributed by atoms with Gasteiger partial charge < -0.3 is 4.57 Å². The van der Waals surface area contributed by atoms with Crippen LogP contribution in [-0.4, -0.2) is 30.8 Å². The molecule has 0 amide bonds. The molecule has 2 aromatic rings. The first-order valence-corrected chi connectivity index (χ1v) is 4.11. The quantitative estimate of drug-likeness (QED) is 0.634. The van der Waals surface area contributed by atoms with Gasteiger partial charge in [-0.15, -0.1) is 0 Å². The van der Waals surface area contributed by atoms with Crippen molar-refractivity contribution >= 4 is 6.29 Å². The molecule has 14 heavy (non-hydrogen) atoms. The van der Waals surface area contributed by atoms with Crippen molar-refractivity contribution in [2.45, 2.75) is 6.54 Å². The maximum Gasteiger partial charge on any atom is 0.185 e. The van der Waals surface area contributed by atoms with E-state index < -0.39 is 0 Å². The van der Waals surface area contributed by atoms with Crippen LogP contribution in [0.2, 0.25) is 0 Å². The number of hydrogen-bond donors (Lipinski definition) is 0. The fourth-order valence-electron chi connectivity index (χ4n) is 1.21. The number of imidazole rings is 1. The number of hydrogen-bond acceptors (Lipinski definition) is 4. The van der Waals surface area contributed by atoms with Gasteiger partial charge in [0.25, 0.3) is 0 Å². The van der Waals surface area contributed by atoms with Crippen molar-refractivity contribution in [1.29, 1.82) is 0 Å². The lowest BCUT2D eigenvalue weighted by atomic mass is 10.4. The van der Waals surface area contributed by atoms with Gasteiger partial charge >= 0.3 is 0 Å². The second-order valence-electron chi connectivity index (χ2n) is 2.86. The Labute approximate surface area is 80.2 Å². The molecule has 72 valence electrons. The number of aryl methyl sites for hydroxylation is 1. The van der Waals surface area contributed by atoms with Gasteiger partial charge in [-0.05, 0) is 0 Å².